The normalized spacial score (nSPS) is 18.7. The molecule has 0 bridgehead atoms. The minimum absolute atomic E-state index is 0.146. The number of hydrogen-bond donors (Lipinski definition) is 1. The Kier molecular flexibility index (Phi) is 3.59. The number of likely N-dealkylation sites (N-methyl/N-ethyl adjacent to an activating group) is 1. The van der Waals surface area contributed by atoms with Crippen LogP contribution in [0.15, 0.2) is 24.3 Å². The molecular formula is C13H17N3O3. The molecule has 1 fully saturated rings. The van der Waals surface area contributed by atoms with E-state index in [0.29, 0.717) is 18.0 Å². The summed E-state index contributed by atoms with van der Waals surface area (Å²) in [6, 6.07) is 6.20. The third-order valence-electron chi connectivity index (χ3n) is 3.08. The molecule has 1 aliphatic heterocycles. The Morgan fingerprint density at radius 1 is 1.42 bits per heavy atom. The van der Waals surface area contributed by atoms with Gasteiger partial charge in [0.25, 0.3) is 0 Å². The highest BCUT2D eigenvalue weighted by molar-refractivity contribution is 6.02. The number of urea groups is 2. The summed E-state index contributed by atoms with van der Waals surface area (Å²) in [5, 5.41) is 2.70. The maximum absolute atomic E-state index is 12.2. The van der Waals surface area contributed by atoms with Gasteiger partial charge in [0.1, 0.15) is 5.75 Å². The van der Waals surface area contributed by atoms with Crippen LogP contribution < -0.4 is 10.1 Å². The van der Waals surface area contributed by atoms with Crippen molar-refractivity contribution in [3.63, 3.8) is 0 Å². The summed E-state index contributed by atoms with van der Waals surface area (Å²) in [6.07, 6.45) is 0. The highest BCUT2D eigenvalue weighted by Crippen LogP contribution is 2.24. The van der Waals surface area contributed by atoms with Crippen LogP contribution in [0.4, 0.5) is 15.3 Å². The van der Waals surface area contributed by atoms with Crippen LogP contribution in [0.5, 0.6) is 5.75 Å². The topological polar surface area (TPSA) is 61.9 Å². The first-order valence-corrected chi connectivity index (χ1v) is 6.03. The fourth-order valence-electron chi connectivity index (χ4n) is 2.14. The smallest absolute Gasteiger partial charge is 0.330 e. The minimum atomic E-state index is -0.439. The lowest BCUT2D eigenvalue weighted by molar-refractivity contribution is 0.190. The first-order valence-electron chi connectivity index (χ1n) is 6.03. The molecule has 6 nitrogen and oxygen atoms in total. The van der Waals surface area contributed by atoms with E-state index in [-0.39, 0.29) is 12.1 Å². The molecule has 1 N–H and O–H groups in total. The zero-order chi connectivity index (χ0) is 14.0. The van der Waals surface area contributed by atoms with Gasteiger partial charge >= 0.3 is 12.1 Å². The fraction of sp³-hybridized carbons (Fsp3) is 0.385. The van der Waals surface area contributed by atoms with Gasteiger partial charge in [0.15, 0.2) is 0 Å². The Bertz CT molecular complexity index is 504. The lowest BCUT2D eigenvalue weighted by Gasteiger charge is -2.19. The lowest BCUT2D eigenvalue weighted by atomic mass is 10.3. The first-order chi connectivity index (χ1) is 9.04. The van der Waals surface area contributed by atoms with E-state index < -0.39 is 6.03 Å². The van der Waals surface area contributed by atoms with E-state index in [2.05, 4.69) is 5.32 Å². The second-order valence-electron chi connectivity index (χ2n) is 4.51. The van der Waals surface area contributed by atoms with E-state index >= 15 is 0 Å². The van der Waals surface area contributed by atoms with Crippen molar-refractivity contribution < 1.29 is 14.3 Å². The van der Waals surface area contributed by atoms with Gasteiger partial charge in [-0.05, 0) is 19.1 Å². The van der Waals surface area contributed by atoms with Crippen LogP contribution in [-0.2, 0) is 0 Å². The van der Waals surface area contributed by atoms with Crippen molar-refractivity contribution in [2.24, 2.45) is 0 Å². The van der Waals surface area contributed by atoms with Crippen LogP contribution in [0.25, 0.3) is 0 Å². The van der Waals surface area contributed by atoms with Crippen molar-refractivity contribution in [3.05, 3.63) is 24.3 Å². The number of carbonyl (C=O) groups excluding carboxylic acids is 2. The molecule has 1 aromatic carbocycles. The number of amides is 4. The lowest BCUT2D eigenvalue weighted by Crippen LogP contribution is -2.41. The van der Waals surface area contributed by atoms with Gasteiger partial charge < -0.3 is 15.0 Å². The molecule has 0 aromatic heterocycles. The number of hydrogen-bond acceptors (Lipinski definition) is 3. The molecule has 1 unspecified atom stereocenters. The van der Waals surface area contributed by atoms with Gasteiger partial charge in [0, 0.05) is 13.6 Å². The molecule has 1 atom stereocenters. The maximum Gasteiger partial charge on any atom is 0.330 e. The van der Waals surface area contributed by atoms with Crippen molar-refractivity contribution in [2.45, 2.75) is 13.0 Å². The summed E-state index contributed by atoms with van der Waals surface area (Å²) in [5.41, 5.74) is 0.546. The number of imide groups is 1. The number of para-hydroxylation sites is 2. The number of anilines is 1. The van der Waals surface area contributed by atoms with Gasteiger partial charge in [0.2, 0.25) is 0 Å². The average molecular weight is 263 g/mol. The van der Waals surface area contributed by atoms with Crippen molar-refractivity contribution in [2.75, 3.05) is 26.0 Å². The number of nitrogens with zero attached hydrogens (tertiary/aromatic N) is 2. The zero-order valence-corrected chi connectivity index (χ0v) is 11.2. The van der Waals surface area contributed by atoms with Gasteiger partial charge in [-0.15, -0.1) is 0 Å². The van der Waals surface area contributed by atoms with Crippen LogP contribution in [0.3, 0.4) is 0 Å². The first kappa shape index (κ1) is 13.2. The number of methoxy groups -OCH3 is 1. The summed E-state index contributed by atoms with van der Waals surface area (Å²) in [7, 11) is 3.21. The van der Waals surface area contributed by atoms with Gasteiger partial charge in [0.05, 0.1) is 18.8 Å². The van der Waals surface area contributed by atoms with E-state index in [1.54, 1.807) is 25.2 Å². The molecule has 1 saturated heterocycles. The van der Waals surface area contributed by atoms with Crippen LogP contribution in [0.2, 0.25) is 0 Å². The standard InChI is InChI=1S/C13H17N3O3/c1-9-8-15(2)13(18)16(9)12(17)14-10-6-4-5-7-11(10)19-3/h4-7,9H,8H2,1-3H3,(H,14,17). The highest BCUT2D eigenvalue weighted by Gasteiger charge is 2.37. The third-order valence-corrected chi connectivity index (χ3v) is 3.08. The molecule has 0 spiro atoms. The molecule has 1 aliphatic rings. The van der Waals surface area contributed by atoms with Gasteiger partial charge in [-0.3, -0.25) is 0 Å². The van der Waals surface area contributed by atoms with E-state index in [9.17, 15) is 9.59 Å². The molecule has 6 heteroatoms. The van der Waals surface area contributed by atoms with Crippen molar-refractivity contribution in [1.82, 2.24) is 9.80 Å². The number of benzene rings is 1. The van der Waals surface area contributed by atoms with Crippen LogP contribution in [0, 0.1) is 0 Å². The predicted molar refractivity (Wildman–Crippen MR) is 71.3 cm³/mol. The number of ether oxygens (including phenoxy) is 1. The fourth-order valence-corrected chi connectivity index (χ4v) is 2.14. The molecule has 0 aliphatic carbocycles. The van der Waals surface area contributed by atoms with Gasteiger partial charge in [-0.25, -0.2) is 14.5 Å². The van der Waals surface area contributed by atoms with Crippen LogP contribution >= 0.6 is 0 Å². The molecule has 4 amide bonds. The number of rotatable bonds is 2. The second-order valence-corrected chi connectivity index (χ2v) is 4.51. The molecule has 1 aromatic rings. The zero-order valence-electron chi connectivity index (χ0n) is 11.2. The van der Waals surface area contributed by atoms with E-state index in [1.165, 1.54) is 16.9 Å². The van der Waals surface area contributed by atoms with Crippen molar-refractivity contribution in [3.8, 4) is 5.75 Å². The summed E-state index contributed by atoms with van der Waals surface area (Å²) in [4.78, 5) is 26.8. The Hall–Kier alpha value is -2.24. The number of nitrogens with one attached hydrogen (secondary N) is 1. The molecule has 102 valence electrons. The summed E-state index contributed by atoms with van der Waals surface area (Å²) in [5.74, 6) is 0.559. The molecular weight excluding hydrogens is 246 g/mol. The molecule has 0 saturated carbocycles. The van der Waals surface area contributed by atoms with E-state index in [0.717, 1.165) is 0 Å². The Balaban J connectivity index is 2.15. The quantitative estimate of drug-likeness (QED) is 0.887. The Morgan fingerprint density at radius 3 is 2.68 bits per heavy atom. The van der Waals surface area contributed by atoms with Gasteiger partial charge in [-0.1, -0.05) is 12.1 Å². The summed E-state index contributed by atoms with van der Waals surface area (Å²) >= 11 is 0. The minimum Gasteiger partial charge on any atom is -0.495 e. The Labute approximate surface area is 111 Å². The second kappa shape index (κ2) is 5.17. The number of carbonyl (C=O) groups is 2. The third kappa shape index (κ3) is 2.47. The molecule has 0 radical (unpaired) electrons. The predicted octanol–water partition coefficient (Wildman–Crippen LogP) is 1.98. The largest absolute Gasteiger partial charge is 0.495 e. The van der Waals surface area contributed by atoms with Crippen molar-refractivity contribution >= 4 is 17.7 Å². The highest BCUT2D eigenvalue weighted by atomic mass is 16.5. The summed E-state index contributed by atoms with van der Waals surface area (Å²) in [6.45, 7) is 2.38. The average Bonchev–Trinajstić information content (AvgIpc) is 2.64. The Morgan fingerprint density at radius 2 is 2.11 bits per heavy atom. The molecule has 2 rings (SSSR count). The SMILES string of the molecule is COc1ccccc1NC(=O)N1C(=O)N(C)CC1C. The van der Waals surface area contributed by atoms with Crippen molar-refractivity contribution in [1.29, 1.82) is 0 Å². The molecule has 19 heavy (non-hydrogen) atoms. The van der Waals surface area contributed by atoms with Crippen LogP contribution in [-0.4, -0.2) is 48.6 Å². The van der Waals surface area contributed by atoms with Gasteiger partial charge in [-0.2, -0.15) is 0 Å². The monoisotopic (exact) mass is 263 g/mol. The van der Waals surface area contributed by atoms with E-state index in [4.69, 9.17) is 4.74 Å². The molecule has 1 heterocycles. The summed E-state index contributed by atoms with van der Waals surface area (Å²) < 4.78 is 5.16. The maximum atomic E-state index is 12.2. The van der Waals surface area contributed by atoms with Crippen LogP contribution in [0.1, 0.15) is 6.92 Å². The van der Waals surface area contributed by atoms with E-state index in [1.807, 2.05) is 13.0 Å².